The summed E-state index contributed by atoms with van der Waals surface area (Å²) in [6, 6.07) is 23.9. The molecule has 1 N–H and O–H groups in total. The molecule has 4 aromatic rings. The lowest BCUT2D eigenvalue weighted by Crippen LogP contribution is -2.12. The monoisotopic (exact) mass is 419 g/mol. The molecule has 0 radical (unpaired) electrons. The summed E-state index contributed by atoms with van der Waals surface area (Å²) in [4.78, 5) is 16.6. The number of carbonyl (C=O) groups excluding carboxylic acids is 1. The van der Waals surface area contributed by atoms with Gasteiger partial charge in [-0.2, -0.15) is 4.98 Å². The summed E-state index contributed by atoms with van der Waals surface area (Å²) in [5.74, 6) is 2.09. The lowest BCUT2D eigenvalue weighted by molar-refractivity contribution is -0.116. The molecule has 30 heavy (non-hydrogen) atoms. The van der Waals surface area contributed by atoms with E-state index in [1.165, 1.54) is 0 Å². The van der Waals surface area contributed by atoms with Gasteiger partial charge in [-0.05, 0) is 48.5 Å². The Bertz CT molecular complexity index is 1130. The Morgan fingerprint density at radius 2 is 1.63 bits per heavy atom. The minimum absolute atomic E-state index is 0.149. The summed E-state index contributed by atoms with van der Waals surface area (Å²) in [5, 5.41) is 7.33. The molecule has 0 spiro atoms. The molecule has 4 rings (SSSR count). The zero-order valence-electron chi connectivity index (χ0n) is 15.9. The lowest BCUT2D eigenvalue weighted by atomic mass is 10.2. The Balaban J connectivity index is 1.29. The van der Waals surface area contributed by atoms with Crippen molar-refractivity contribution in [2.75, 3.05) is 5.32 Å². The molecule has 0 saturated carbocycles. The van der Waals surface area contributed by atoms with E-state index in [4.69, 9.17) is 20.9 Å². The van der Waals surface area contributed by atoms with Crippen LogP contribution in [0.5, 0.6) is 11.5 Å². The third-order valence-electron chi connectivity index (χ3n) is 4.27. The van der Waals surface area contributed by atoms with Gasteiger partial charge >= 0.3 is 0 Å². The number of hydrogen-bond acceptors (Lipinski definition) is 5. The average molecular weight is 420 g/mol. The summed E-state index contributed by atoms with van der Waals surface area (Å²) in [6.07, 6.45) is 0.547. The van der Waals surface area contributed by atoms with Crippen molar-refractivity contribution in [3.8, 4) is 22.9 Å². The van der Waals surface area contributed by atoms with Crippen LogP contribution in [0, 0.1) is 0 Å². The maximum atomic E-state index is 12.2. The van der Waals surface area contributed by atoms with Crippen LogP contribution < -0.4 is 10.1 Å². The summed E-state index contributed by atoms with van der Waals surface area (Å²) >= 11 is 6.15. The molecule has 150 valence electrons. The molecule has 0 bridgehead atoms. The van der Waals surface area contributed by atoms with E-state index in [0.29, 0.717) is 40.2 Å². The van der Waals surface area contributed by atoms with Gasteiger partial charge in [0.25, 0.3) is 0 Å². The van der Waals surface area contributed by atoms with Crippen molar-refractivity contribution >= 4 is 23.2 Å². The SMILES string of the molecule is O=C(CCc1nc(-c2ccccc2Cl)no1)Nc1ccc(Oc2ccccc2)cc1. The number of para-hydroxylation sites is 1. The van der Waals surface area contributed by atoms with E-state index >= 15 is 0 Å². The van der Waals surface area contributed by atoms with E-state index in [0.717, 1.165) is 5.75 Å². The Morgan fingerprint density at radius 3 is 2.40 bits per heavy atom. The second-order valence-corrected chi connectivity index (χ2v) is 6.89. The van der Waals surface area contributed by atoms with Gasteiger partial charge in [-0.1, -0.05) is 47.1 Å². The number of halogens is 1. The van der Waals surface area contributed by atoms with Crippen molar-refractivity contribution in [2.45, 2.75) is 12.8 Å². The van der Waals surface area contributed by atoms with E-state index in [1.807, 2.05) is 48.5 Å². The fourth-order valence-electron chi connectivity index (χ4n) is 2.78. The Kier molecular flexibility index (Phi) is 6.06. The molecule has 0 saturated heterocycles. The number of nitrogens with one attached hydrogen (secondary N) is 1. The van der Waals surface area contributed by atoms with Gasteiger partial charge in [0, 0.05) is 24.1 Å². The van der Waals surface area contributed by atoms with Crippen LogP contribution in [0.3, 0.4) is 0 Å². The van der Waals surface area contributed by atoms with E-state index in [1.54, 1.807) is 30.3 Å². The highest BCUT2D eigenvalue weighted by Crippen LogP contribution is 2.25. The van der Waals surface area contributed by atoms with Gasteiger partial charge in [-0.15, -0.1) is 0 Å². The second-order valence-electron chi connectivity index (χ2n) is 6.48. The molecule has 0 aliphatic rings. The Hall–Kier alpha value is -3.64. The molecule has 1 aromatic heterocycles. The normalized spacial score (nSPS) is 10.6. The molecule has 0 fully saturated rings. The first-order valence-electron chi connectivity index (χ1n) is 9.38. The van der Waals surface area contributed by atoms with Crippen molar-refractivity contribution < 1.29 is 14.1 Å². The summed E-state index contributed by atoms with van der Waals surface area (Å²) in [6.45, 7) is 0. The van der Waals surface area contributed by atoms with Crippen LogP contribution >= 0.6 is 11.6 Å². The second kappa shape index (κ2) is 9.24. The third-order valence-corrected chi connectivity index (χ3v) is 4.60. The van der Waals surface area contributed by atoms with Crippen LogP contribution in [0.15, 0.2) is 83.4 Å². The molecular formula is C23H18ClN3O3. The zero-order chi connectivity index (χ0) is 20.8. The highest BCUT2D eigenvalue weighted by atomic mass is 35.5. The van der Waals surface area contributed by atoms with Crippen molar-refractivity contribution in [1.82, 2.24) is 10.1 Å². The molecular weight excluding hydrogens is 402 g/mol. The highest BCUT2D eigenvalue weighted by Gasteiger charge is 2.13. The molecule has 3 aromatic carbocycles. The number of carbonyl (C=O) groups is 1. The van der Waals surface area contributed by atoms with Crippen molar-refractivity contribution in [2.24, 2.45) is 0 Å². The van der Waals surface area contributed by atoms with E-state index in [9.17, 15) is 4.79 Å². The Labute approximate surface area is 178 Å². The molecule has 0 aliphatic carbocycles. The molecule has 1 amide bonds. The van der Waals surface area contributed by atoms with Gasteiger partial charge in [-0.25, -0.2) is 0 Å². The van der Waals surface area contributed by atoms with Crippen LogP contribution in [-0.4, -0.2) is 16.0 Å². The number of nitrogens with zero attached hydrogens (tertiary/aromatic N) is 2. The average Bonchev–Trinajstić information content (AvgIpc) is 3.24. The van der Waals surface area contributed by atoms with Crippen LogP contribution in [0.25, 0.3) is 11.4 Å². The predicted molar refractivity (Wildman–Crippen MR) is 115 cm³/mol. The molecule has 0 aliphatic heterocycles. The first-order valence-corrected chi connectivity index (χ1v) is 9.75. The highest BCUT2D eigenvalue weighted by molar-refractivity contribution is 6.33. The van der Waals surface area contributed by atoms with Crippen LogP contribution in [0.4, 0.5) is 5.69 Å². The van der Waals surface area contributed by atoms with Gasteiger partial charge in [0.15, 0.2) is 0 Å². The third kappa shape index (κ3) is 5.04. The maximum Gasteiger partial charge on any atom is 0.227 e. The molecule has 1 heterocycles. The lowest BCUT2D eigenvalue weighted by Gasteiger charge is -2.07. The molecule has 6 nitrogen and oxygen atoms in total. The van der Waals surface area contributed by atoms with Crippen LogP contribution in [-0.2, 0) is 11.2 Å². The van der Waals surface area contributed by atoms with Crippen molar-refractivity contribution in [3.63, 3.8) is 0 Å². The maximum absolute atomic E-state index is 12.2. The van der Waals surface area contributed by atoms with Gasteiger partial charge in [-0.3, -0.25) is 4.79 Å². The van der Waals surface area contributed by atoms with E-state index in [2.05, 4.69) is 15.5 Å². The number of anilines is 1. The summed E-state index contributed by atoms with van der Waals surface area (Å²) < 4.78 is 11.0. The molecule has 0 atom stereocenters. The summed E-state index contributed by atoms with van der Waals surface area (Å²) in [7, 11) is 0. The fraction of sp³-hybridized carbons (Fsp3) is 0.0870. The first-order chi connectivity index (χ1) is 14.7. The molecule has 7 heteroatoms. The largest absolute Gasteiger partial charge is 0.457 e. The van der Waals surface area contributed by atoms with Crippen molar-refractivity contribution in [3.05, 3.63) is 89.8 Å². The van der Waals surface area contributed by atoms with E-state index in [-0.39, 0.29) is 12.3 Å². The van der Waals surface area contributed by atoms with E-state index < -0.39 is 0 Å². The number of rotatable bonds is 7. The number of aryl methyl sites for hydroxylation is 1. The number of amides is 1. The van der Waals surface area contributed by atoms with Gasteiger partial charge < -0.3 is 14.6 Å². The minimum atomic E-state index is -0.149. The number of ether oxygens (including phenoxy) is 1. The fourth-order valence-corrected chi connectivity index (χ4v) is 3.00. The standard InChI is InChI=1S/C23H18ClN3O3/c24-20-9-5-4-8-19(20)23-26-22(30-27-23)15-14-21(28)25-16-10-12-18(13-11-16)29-17-6-2-1-3-7-17/h1-13H,14-15H2,(H,25,28). The first kappa shape index (κ1) is 19.7. The van der Waals surface area contributed by atoms with Gasteiger partial charge in [0.2, 0.25) is 17.6 Å². The summed E-state index contributed by atoms with van der Waals surface area (Å²) in [5.41, 5.74) is 1.37. The zero-order valence-corrected chi connectivity index (χ0v) is 16.7. The number of hydrogen-bond donors (Lipinski definition) is 1. The quantitative estimate of drug-likeness (QED) is 0.412. The molecule has 0 unspecified atom stereocenters. The Morgan fingerprint density at radius 1 is 0.933 bits per heavy atom. The number of benzene rings is 3. The van der Waals surface area contributed by atoms with Gasteiger partial charge in [0.1, 0.15) is 11.5 Å². The van der Waals surface area contributed by atoms with Gasteiger partial charge in [0.05, 0.1) is 5.02 Å². The predicted octanol–water partition coefficient (Wildman–Crippen LogP) is 5.75. The van der Waals surface area contributed by atoms with Crippen molar-refractivity contribution in [1.29, 1.82) is 0 Å². The van der Waals surface area contributed by atoms with Crippen LogP contribution in [0.2, 0.25) is 5.02 Å². The minimum Gasteiger partial charge on any atom is -0.457 e. The smallest absolute Gasteiger partial charge is 0.227 e. The topological polar surface area (TPSA) is 77.2 Å². The van der Waals surface area contributed by atoms with Crippen LogP contribution in [0.1, 0.15) is 12.3 Å². The number of aromatic nitrogens is 2.